The van der Waals surface area contributed by atoms with Crippen LogP contribution in [-0.4, -0.2) is 21.2 Å². The maximum atomic E-state index is 12.1. The molecule has 2 rings (SSSR count). The summed E-state index contributed by atoms with van der Waals surface area (Å²) in [6.45, 7) is 5.49. The van der Waals surface area contributed by atoms with E-state index in [-0.39, 0.29) is 17.2 Å². The topological polar surface area (TPSA) is 78.0 Å². The molecule has 18 heavy (non-hydrogen) atoms. The Bertz CT molecular complexity index is 583. The van der Waals surface area contributed by atoms with E-state index in [2.05, 4.69) is 15.5 Å². The molecule has 5 heteroatoms. The first-order valence-corrected chi connectivity index (χ1v) is 5.61. The van der Waals surface area contributed by atoms with Gasteiger partial charge in [0.15, 0.2) is 0 Å². The standard InChI is InChI=1S/C13H15N3O2/c1-7-4-5-11(17)10(6-7)13(18)14-12-8(2)15-16-9(12)3/h4-6,17H,1-3H3,(H,14,18)(H,15,16). The first-order chi connectivity index (χ1) is 8.49. The highest BCUT2D eigenvalue weighted by atomic mass is 16.3. The number of hydrogen-bond donors (Lipinski definition) is 3. The van der Waals surface area contributed by atoms with Crippen LogP contribution in [0.5, 0.6) is 5.75 Å². The maximum Gasteiger partial charge on any atom is 0.259 e. The summed E-state index contributed by atoms with van der Waals surface area (Å²) in [4.78, 5) is 12.1. The van der Waals surface area contributed by atoms with Crippen LogP contribution in [-0.2, 0) is 0 Å². The number of phenols is 1. The number of anilines is 1. The van der Waals surface area contributed by atoms with Gasteiger partial charge in [-0.3, -0.25) is 9.89 Å². The third-order valence-corrected chi connectivity index (χ3v) is 2.76. The summed E-state index contributed by atoms with van der Waals surface area (Å²) in [5.41, 5.74) is 3.33. The van der Waals surface area contributed by atoms with Crippen LogP contribution in [0, 0.1) is 20.8 Å². The van der Waals surface area contributed by atoms with Crippen LogP contribution in [0.4, 0.5) is 5.69 Å². The van der Waals surface area contributed by atoms with Gasteiger partial charge < -0.3 is 10.4 Å². The highest BCUT2D eigenvalue weighted by Crippen LogP contribution is 2.22. The van der Waals surface area contributed by atoms with Crippen molar-refractivity contribution in [2.45, 2.75) is 20.8 Å². The minimum Gasteiger partial charge on any atom is -0.507 e. The van der Waals surface area contributed by atoms with E-state index in [0.717, 1.165) is 11.3 Å². The summed E-state index contributed by atoms with van der Waals surface area (Å²) in [6, 6.07) is 4.91. The minimum absolute atomic E-state index is 0.0306. The van der Waals surface area contributed by atoms with Gasteiger partial charge in [-0.2, -0.15) is 5.10 Å². The molecule has 5 nitrogen and oxygen atoms in total. The molecule has 1 aromatic heterocycles. The molecule has 0 atom stereocenters. The van der Waals surface area contributed by atoms with Crippen molar-refractivity contribution in [1.82, 2.24) is 10.2 Å². The van der Waals surface area contributed by atoms with E-state index in [9.17, 15) is 9.90 Å². The number of aryl methyl sites for hydroxylation is 3. The van der Waals surface area contributed by atoms with E-state index >= 15 is 0 Å². The van der Waals surface area contributed by atoms with E-state index in [1.54, 1.807) is 19.1 Å². The largest absolute Gasteiger partial charge is 0.507 e. The SMILES string of the molecule is Cc1ccc(O)c(C(=O)Nc2c(C)n[nH]c2C)c1. The lowest BCUT2D eigenvalue weighted by molar-refractivity contribution is 0.102. The van der Waals surface area contributed by atoms with Crippen LogP contribution < -0.4 is 5.32 Å². The van der Waals surface area contributed by atoms with Gasteiger partial charge in [0, 0.05) is 0 Å². The van der Waals surface area contributed by atoms with Gasteiger partial charge in [-0.1, -0.05) is 11.6 Å². The van der Waals surface area contributed by atoms with E-state index in [1.807, 2.05) is 13.8 Å². The number of hydrogen-bond acceptors (Lipinski definition) is 3. The first kappa shape index (κ1) is 12.2. The highest BCUT2D eigenvalue weighted by Gasteiger charge is 2.15. The molecule has 0 aliphatic carbocycles. The average Bonchev–Trinajstić information content (AvgIpc) is 2.64. The molecule has 3 N–H and O–H groups in total. The highest BCUT2D eigenvalue weighted by molar-refractivity contribution is 6.06. The Morgan fingerprint density at radius 2 is 2.06 bits per heavy atom. The van der Waals surface area contributed by atoms with Crippen LogP contribution in [0.2, 0.25) is 0 Å². The molecule has 2 aromatic rings. The van der Waals surface area contributed by atoms with Crippen molar-refractivity contribution in [2.24, 2.45) is 0 Å². The molecule has 1 aromatic carbocycles. The zero-order valence-corrected chi connectivity index (χ0v) is 10.5. The third kappa shape index (κ3) is 2.20. The first-order valence-electron chi connectivity index (χ1n) is 5.61. The minimum atomic E-state index is -0.344. The van der Waals surface area contributed by atoms with Crippen molar-refractivity contribution in [3.8, 4) is 5.75 Å². The second kappa shape index (κ2) is 4.52. The van der Waals surface area contributed by atoms with Gasteiger partial charge in [-0.25, -0.2) is 0 Å². The summed E-state index contributed by atoms with van der Waals surface area (Å²) >= 11 is 0. The Labute approximate surface area is 105 Å². The molecule has 0 fully saturated rings. The van der Waals surface area contributed by atoms with Gasteiger partial charge in [0.2, 0.25) is 0 Å². The smallest absolute Gasteiger partial charge is 0.259 e. The van der Waals surface area contributed by atoms with E-state index in [0.29, 0.717) is 11.4 Å². The number of carbonyl (C=O) groups excluding carboxylic acids is 1. The monoisotopic (exact) mass is 245 g/mol. The predicted octanol–water partition coefficient (Wildman–Crippen LogP) is 2.29. The van der Waals surface area contributed by atoms with Crippen LogP contribution >= 0.6 is 0 Å². The zero-order valence-electron chi connectivity index (χ0n) is 10.5. The summed E-state index contributed by atoms with van der Waals surface area (Å²) in [7, 11) is 0. The van der Waals surface area contributed by atoms with Crippen LogP contribution in [0.3, 0.4) is 0 Å². The predicted molar refractivity (Wildman–Crippen MR) is 68.9 cm³/mol. The molecule has 1 amide bonds. The van der Waals surface area contributed by atoms with Crippen molar-refractivity contribution in [3.63, 3.8) is 0 Å². The molecule has 94 valence electrons. The van der Waals surface area contributed by atoms with Gasteiger partial charge in [0.1, 0.15) is 5.75 Å². The van der Waals surface area contributed by atoms with Gasteiger partial charge in [0.25, 0.3) is 5.91 Å². The number of nitrogens with zero attached hydrogens (tertiary/aromatic N) is 1. The molecule has 0 bridgehead atoms. The Morgan fingerprint density at radius 1 is 1.33 bits per heavy atom. The lowest BCUT2D eigenvalue weighted by Crippen LogP contribution is -2.13. The van der Waals surface area contributed by atoms with Crippen LogP contribution in [0.15, 0.2) is 18.2 Å². The molecule has 0 unspecified atom stereocenters. The molecule has 0 aliphatic rings. The second-order valence-electron chi connectivity index (χ2n) is 4.28. The molecule has 0 spiro atoms. The zero-order chi connectivity index (χ0) is 13.3. The fraction of sp³-hybridized carbons (Fsp3) is 0.231. The van der Waals surface area contributed by atoms with Gasteiger partial charge in [-0.15, -0.1) is 0 Å². The van der Waals surface area contributed by atoms with Crippen molar-refractivity contribution < 1.29 is 9.90 Å². The van der Waals surface area contributed by atoms with Gasteiger partial charge in [-0.05, 0) is 32.9 Å². The van der Waals surface area contributed by atoms with Crippen molar-refractivity contribution in [1.29, 1.82) is 0 Å². The number of aromatic hydroxyl groups is 1. The quantitative estimate of drug-likeness (QED) is 0.759. The van der Waals surface area contributed by atoms with E-state index < -0.39 is 0 Å². The Morgan fingerprint density at radius 3 is 2.67 bits per heavy atom. The second-order valence-corrected chi connectivity index (χ2v) is 4.28. The summed E-state index contributed by atoms with van der Waals surface area (Å²) < 4.78 is 0. The number of rotatable bonds is 2. The molecular weight excluding hydrogens is 230 g/mol. The number of aromatic nitrogens is 2. The van der Waals surface area contributed by atoms with Crippen LogP contribution in [0.1, 0.15) is 27.3 Å². The van der Waals surface area contributed by atoms with Gasteiger partial charge >= 0.3 is 0 Å². The molecular formula is C13H15N3O2. The lowest BCUT2D eigenvalue weighted by atomic mass is 10.1. The molecule has 0 saturated heterocycles. The third-order valence-electron chi connectivity index (χ3n) is 2.76. The fourth-order valence-corrected chi connectivity index (χ4v) is 1.75. The Kier molecular flexibility index (Phi) is 3.06. The van der Waals surface area contributed by atoms with Crippen molar-refractivity contribution in [2.75, 3.05) is 5.32 Å². The number of carbonyl (C=O) groups is 1. The maximum absolute atomic E-state index is 12.1. The van der Waals surface area contributed by atoms with Crippen molar-refractivity contribution >= 4 is 11.6 Å². The number of amides is 1. The lowest BCUT2D eigenvalue weighted by Gasteiger charge is -2.07. The summed E-state index contributed by atoms with van der Waals surface area (Å²) in [5.74, 6) is -0.374. The van der Waals surface area contributed by atoms with Crippen molar-refractivity contribution in [3.05, 3.63) is 40.7 Å². The van der Waals surface area contributed by atoms with Gasteiger partial charge in [0.05, 0.1) is 22.6 Å². The normalized spacial score (nSPS) is 10.4. The molecule has 0 saturated carbocycles. The number of aromatic amines is 1. The Hall–Kier alpha value is -2.30. The number of nitrogens with one attached hydrogen (secondary N) is 2. The number of H-pyrrole nitrogens is 1. The summed E-state index contributed by atoms with van der Waals surface area (Å²) in [6.07, 6.45) is 0. The van der Waals surface area contributed by atoms with E-state index in [4.69, 9.17) is 0 Å². The number of benzene rings is 1. The van der Waals surface area contributed by atoms with E-state index in [1.165, 1.54) is 6.07 Å². The summed E-state index contributed by atoms with van der Waals surface area (Å²) in [5, 5.41) is 19.2. The molecule has 1 heterocycles. The molecule has 0 aliphatic heterocycles. The average molecular weight is 245 g/mol. The van der Waals surface area contributed by atoms with Crippen LogP contribution in [0.25, 0.3) is 0 Å². The Balaban J connectivity index is 2.30. The fourth-order valence-electron chi connectivity index (χ4n) is 1.75. The molecule has 0 radical (unpaired) electrons. The number of phenolic OH excluding ortho intramolecular Hbond substituents is 1.